The van der Waals surface area contributed by atoms with Crippen LogP contribution in [0, 0.1) is 0 Å². The van der Waals surface area contributed by atoms with E-state index in [0.29, 0.717) is 11.5 Å². The van der Waals surface area contributed by atoms with E-state index in [2.05, 4.69) is 20.9 Å². The number of thiocarbonyl (C=S) groups is 1. The van der Waals surface area contributed by atoms with Crippen molar-refractivity contribution in [2.45, 2.75) is 0 Å². The molecule has 152 valence electrons. The van der Waals surface area contributed by atoms with Gasteiger partial charge in [0.05, 0.1) is 19.8 Å². The summed E-state index contributed by atoms with van der Waals surface area (Å²) in [5.74, 6) is -0.757. The molecule has 29 heavy (non-hydrogen) atoms. The van der Waals surface area contributed by atoms with E-state index < -0.39 is 17.8 Å². The van der Waals surface area contributed by atoms with Gasteiger partial charge in [0.15, 0.2) is 23.2 Å². The van der Waals surface area contributed by atoms with E-state index in [9.17, 15) is 14.4 Å². The van der Waals surface area contributed by atoms with E-state index in [-0.39, 0.29) is 22.8 Å². The van der Waals surface area contributed by atoms with Gasteiger partial charge in [-0.3, -0.25) is 25.8 Å². The van der Waals surface area contributed by atoms with Crippen LogP contribution in [-0.2, 0) is 9.53 Å². The number of nitrogens with one attached hydrogen (secondary N) is 3. The minimum absolute atomic E-state index is 0.135. The molecule has 10 heteroatoms. The molecule has 0 spiro atoms. The van der Waals surface area contributed by atoms with Gasteiger partial charge >= 0.3 is 5.97 Å². The van der Waals surface area contributed by atoms with Crippen molar-refractivity contribution < 1.29 is 28.6 Å². The number of carbonyl (C=O) groups is 3. The Kier molecular flexibility index (Phi) is 7.92. The largest absolute Gasteiger partial charge is 0.493 e. The Morgan fingerprint density at radius 3 is 2.31 bits per heavy atom. The number of ether oxygens (including phenoxy) is 3. The molecule has 0 heterocycles. The Balaban J connectivity index is 1.81. The smallest absolute Gasteiger partial charge is 0.337 e. The van der Waals surface area contributed by atoms with Crippen LogP contribution in [0.15, 0.2) is 48.5 Å². The van der Waals surface area contributed by atoms with Gasteiger partial charge in [-0.25, -0.2) is 4.79 Å². The highest BCUT2D eigenvalue weighted by molar-refractivity contribution is 7.80. The summed E-state index contributed by atoms with van der Waals surface area (Å²) < 4.78 is 15.1. The number of rotatable bonds is 6. The van der Waals surface area contributed by atoms with E-state index in [4.69, 9.17) is 21.7 Å². The summed E-state index contributed by atoms with van der Waals surface area (Å²) in [7, 11) is 2.74. The van der Waals surface area contributed by atoms with Crippen LogP contribution in [0.2, 0.25) is 0 Å². The molecule has 0 aromatic heterocycles. The number of benzene rings is 2. The number of methoxy groups -OCH3 is 2. The Hall–Kier alpha value is -3.66. The van der Waals surface area contributed by atoms with Crippen LogP contribution in [0.4, 0.5) is 0 Å². The van der Waals surface area contributed by atoms with Gasteiger partial charge in [-0.1, -0.05) is 18.2 Å². The monoisotopic (exact) mass is 417 g/mol. The Morgan fingerprint density at radius 1 is 0.931 bits per heavy atom. The first-order valence-electron chi connectivity index (χ1n) is 8.29. The lowest BCUT2D eigenvalue weighted by atomic mass is 10.1. The zero-order valence-electron chi connectivity index (χ0n) is 15.7. The van der Waals surface area contributed by atoms with Crippen LogP contribution in [-0.4, -0.2) is 43.7 Å². The molecule has 2 amide bonds. The molecule has 2 aromatic carbocycles. The molecule has 3 N–H and O–H groups in total. The van der Waals surface area contributed by atoms with Gasteiger partial charge in [0.1, 0.15) is 0 Å². The van der Waals surface area contributed by atoms with Crippen molar-refractivity contribution in [3.8, 4) is 11.5 Å². The molecular weight excluding hydrogens is 398 g/mol. The summed E-state index contributed by atoms with van der Waals surface area (Å²) in [4.78, 5) is 35.6. The molecule has 0 saturated heterocycles. The van der Waals surface area contributed by atoms with Crippen molar-refractivity contribution >= 4 is 35.1 Å². The SMILES string of the molecule is COC(=O)c1cccc(C(=O)NC(=S)NNC(=O)COc2ccccc2OC)c1. The average molecular weight is 417 g/mol. The predicted octanol–water partition coefficient (Wildman–Crippen LogP) is 1.20. The van der Waals surface area contributed by atoms with Gasteiger partial charge in [0.2, 0.25) is 0 Å². The van der Waals surface area contributed by atoms with E-state index in [1.807, 2.05) is 0 Å². The van der Waals surface area contributed by atoms with Crippen LogP contribution in [0.25, 0.3) is 0 Å². The van der Waals surface area contributed by atoms with Gasteiger partial charge < -0.3 is 14.2 Å². The fraction of sp³-hybridized carbons (Fsp3) is 0.158. The number of hydrogen-bond donors (Lipinski definition) is 3. The molecule has 0 bridgehead atoms. The first-order valence-corrected chi connectivity index (χ1v) is 8.69. The minimum Gasteiger partial charge on any atom is -0.493 e. The third kappa shape index (κ3) is 6.47. The Morgan fingerprint density at radius 2 is 1.62 bits per heavy atom. The maximum atomic E-state index is 12.2. The van der Waals surface area contributed by atoms with Crippen molar-refractivity contribution in [1.82, 2.24) is 16.2 Å². The molecule has 0 saturated carbocycles. The van der Waals surface area contributed by atoms with Crippen molar-refractivity contribution in [1.29, 1.82) is 0 Å². The lowest BCUT2D eigenvalue weighted by Crippen LogP contribution is -2.49. The molecule has 2 rings (SSSR count). The third-order valence-corrected chi connectivity index (χ3v) is 3.72. The van der Waals surface area contributed by atoms with Gasteiger partial charge in [-0.15, -0.1) is 0 Å². The summed E-state index contributed by atoms with van der Waals surface area (Å²) in [6, 6.07) is 12.8. The second kappa shape index (κ2) is 10.6. The lowest BCUT2D eigenvalue weighted by Gasteiger charge is -2.12. The van der Waals surface area contributed by atoms with Gasteiger partial charge in [0.25, 0.3) is 11.8 Å². The standard InChI is InChI=1S/C19H19N3O6S/c1-26-14-8-3-4-9-15(14)28-11-16(23)21-22-19(29)20-17(24)12-6-5-7-13(10-12)18(25)27-2/h3-10H,11H2,1-2H3,(H,21,23)(H2,20,22,24,29). The van der Waals surface area contributed by atoms with Crippen LogP contribution in [0.3, 0.4) is 0 Å². The van der Waals surface area contributed by atoms with E-state index in [1.165, 1.54) is 38.5 Å². The Labute approximate surface area is 172 Å². The molecular formula is C19H19N3O6S. The molecule has 0 aliphatic rings. The van der Waals surface area contributed by atoms with Crippen LogP contribution >= 0.6 is 12.2 Å². The number of hydrazine groups is 1. The van der Waals surface area contributed by atoms with Crippen molar-refractivity contribution in [3.05, 3.63) is 59.7 Å². The minimum atomic E-state index is -0.567. The summed E-state index contributed by atoms with van der Waals surface area (Å²) in [6.45, 7) is -0.300. The molecule has 0 aliphatic heterocycles. The molecule has 0 aliphatic carbocycles. The highest BCUT2D eigenvalue weighted by atomic mass is 32.1. The zero-order valence-corrected chi connectivity index (χ0v) is 16.5. The molecule has 0 radical (unpaired) electrons. The number of para-hydroxylation sites is 2. The first kappa shape index (κ1) is 21.6. The van der Waals surface area contributed by atoms with Crippen LogP contribution in [0.1, 0.15) is 20.7 Å². The second-order valence-corrected chi connectivity index (χ2v) is 5.88. The third-order valence-electron chi connectivity index (χ3n) is 3.52. The summed E-state index contributed by atoms with van der Waals surface area (Å²) in [6.07, 6.45) is 0. The summed E-state index contributed by atoms with van der Waals surface area (Å²) in [5, 5.41) is 2.25. The first-order chi connectivity index (χ1) is 13.9. The number of carbonyl (C=O) groups excluding carboxylic acids is 3. The summed E-state index contributed by atoms with van der Waals surface area (Å²) in [5.41, 5.74) is 5.11. The fourth-order valence-electron chi connectivity index (χ4n) is 2.16. The second-order valence-electron chi connectivity index (χ2n) is 5.47. The van der Waals surface area contributed by atoms with E-state index >= 15 is 0 Å². The van der Waals surface area contributed by atoms with Crippen LogP contribution in [0.5, 0.6) is 11.5 Å². The maximum Gasteiger partial charge on any atom is 0.337 e. The molecule has 0 unspecified atom stereocenters. The highest BCUT2D eigenvalue weighted by Crippen LogP contribution is 2.25. The highest BCUT2D eigenvalue weighted by Gasteiger charge is 2.12. The topological polar surface area (TPSA) is 115 Å². The molecule has 0 fully saturated rings. The van der Waals surface area contributed by atoms with Crippen LogP contribution < -0.4 is 25.6 Å². The summed E-state index contributed by atoms with van der Waals surface area (Å²) >= 11 is 4.96. The number of esters is 1. The normalized spacial score (nSPS) is 9.72. The number of hydrogen-bond acceptors (Lipinski definition) is 7. The van der Waals surface area contributed by atoms with Crippen molar-refractivity contribution in [2.75, 3.05) is 20.8 Å². The fourth-order valence-corrected chi connectivity index (χ4v) is 2.30. The van der Waals surface area contributed by atoms with Crippen molar-refractivity contribution in [2.24, 2.45) is 0 Å². The lowest BCUT2D eigenvalue weighted by molar-refractivity contribution is -0.123. The Bertz CT molecular complexity index is 918. The predicted molar refractivity (Wildman–Crippen MR) is 108 cm³/mol. The van der Waals surface area contributed by atoms with E-state index in [1.54, 1.807) is 24.3 Å². The molecule has 2 aromatic rings. The quantitative estimate of drug-likeness (QED) is 0.365. The van der Waals surface area contributed by atoms with Gasteiger partial charge in [-0.2, -0.15) is 0 Å². The van der Waals surface area contributed by atoms with E-state index in [0.717, 1.165) is 0 Å². The molecule has 9 nitrogen and oxygen atoms in total. The molecule has 0 atom stereocenters. The maximum absolute atomic E-state index is 12.2. The average Bonchev–Trinajstić information content (AvgIpc) is 2.75. The zero-order chi connectivity index (χ0) is 21.2. The van der Waals surface area contributed by atoms with Gasteiger partial charge in [-0.05, 0) is 42.5 Å². The van der Waals surface area contributed by atoms with Crippen molar-refractivity contribution in [3.63, 3.8) is 0 Å². The van der Waals surface area contributed by atoms with Gasteiger partial charge in [0, 0.05) is 5.56 Å². The number of amides is 2.